The van der Waals surface area contributed by atoms with E-state index in [2.05, 4.69) is 313 Å². The second-order valence-electron chi connectivity index (χ2n) is 23.5. The van der Waals surface area contributed by atoms with Crippen LogP contribution in [0.25, 0.3) is 55.8 Å². The predicted molar refractivity (Wildman–Crippen MR) is 323 cm³/mol. The number of hydrogen-bond donors (Lipinski definition) is 0. The fourth-order valence-electron chi connectivity index (χ4n) is 10.8. The van der Waals surface area contributed by atoms with Gasteiger partial charge in [-0.2, -0.15) is 0 Å². The molecule has 0 fully saturated rings. The van der Waals surface area contributed by atoms with E-state index >= 15 is 0 Å². The number of benzene rings is 9. The first kappa shape index (κ1) is 51.4. The van der Waals surface area contributed by atoms with Crippen molar-refractivity contribution in [2.45, 2.75) is 78.6 Å². The van der Waals surface area contributed by atoms with E-state index in [0.29, 0.717) is 11.5 Å². The summed E-state index contributed by atoms with van der Waals surface area (Å²) in [4.78, 5) is 9.85. The van der Waals surface area contributed by atoms with Crippen LogP contribution in [0.3, 0.4) is 0 Å². The van der Waals surface area contributed by atoms with E-state index < -0.39 is 0 Å². The van der Waals surface area contributed by atoms with Gasteiger partial charge < -0.3 is 4.90 Å². The van der Waals surface area contributed by atoms with Gasteiger partial charge >= 0.3 is 322 Å². The molecule has 2 aromatic heterocycles. The number of nitrogens with zero attached hydrogens (tertiary/aromatic N) is 5. The van der Waals surface area contributed by atoms with Gasteiger partial charge in [-0.05, 0) is 41.3 Å². The van der Waals surface area contributed by atoms with Crippen molar-refractivity contribution in [3.8, 4) is 56.3 Å². The van der Waals surface area contributed by atoms with Gasteiger partial charge in [-0.25, -0.2) is 0 Å². The topological polar surface area (TPSA) is 38.5 Å². The maximum absolute atomic E-state index is 7.06. The van der Waals surface area contributed by atoms with Crippen LogP contribution in [-0.4, -0.2) is 14.1 Å². The van der Waals surface area contributed by atoms with Crippen LogP contribution in [0.2, 0.25) is 0 Å². The van der Waals surface area contributed by atoms with E-state index in [1.54, 1.807) is 0 Å². The molecule has 0 spiro atoms. The molecule has 1 aliphatic heterocycles. The van der Waals surface area contributed by atoms with Crippen LogP contribution in [0, 0.1) is 15.9 Å². The second kappa shape index (κ2) is 20.2. The summed E-state index contributed by atoms with van der Waals surface area (Å²) in [6, 6.07) is 83.6. The van der Waals surface area contributed by atoms with Crippen molar-refractivity contribution in [1.29, 1.82) is 0 Å². The van der Waals surface area contributed by atoms with Gasteiger partial charge in [0.1, 0.15) is 0 Å². The molecule has 0 unspecified atom stereocenters. The third kappa shape index (κ3) is 9.78. The zero-order chi connectivity index (χ0) is 54.8. The third-order valence-electron chi connectivity index (χ3n) is 15.0. The Balaban J connectivity index is 1.05. The number of pyridine rings is 1. The Hall–Kier alpha value is -8.31. The van der Waals surface area contributed by atoms with E-state index in [4.69, 9.17) is 9.72 Å². The number of imidazole rings is 1. The van der Waals surface area contributed by atoms with Gasteiger partial charge in [0.25, 0.3) is 0 Å². The molecule has 0 atom stereocenters. The first-order valence-electron chi connectivity index (χ1n) is 27.1. The Morgan fingerprint density at radius 2 is 0.962 bits per heavy atom. The molecule has 1 aliphatic rings. The number of aromatic nitrogens is 3. The van der Waals surface area contributed by atoms with Crippen LogP contribution in [0.15, 0.2) is 219 Å². The molecule has 0 bridgehead atoms. The Kier molecular flexibility index (Phi) is 13.1. The van der Waals surface area contributed by atoms with Gasteiger partial charge in [-0.3, -0.25) is 0 Å². The fraction of sp³-hybridized carbons (Fsp3) is 0.167. The molecule has 79 heavy (non-hydrogen) atoms. The van der Waals surface area contributed by atoms with Gasteiger partial charge in [0.2, 0.25) is 0 Å². The molecule has 0 radical (unpaired) electrons. The van der Waals surface area contributed by atoms with Crippen LogP contribution >= 0.6 is 0 Å². The Morgan fingerprint density at radius 1 is 0.405 bits per heavy atom. The van der Waals surface area contributed by atoms with E-state index in [9.17, 15) is 0 Å². The van der Waals surface area contributed by atoms with Crippen LogP contribution in [0.1, 0.15) is 79.0 Å². The monoisotopic (exact) mass is 1210 g/mol. The standard InChI is InChI=1S/C72H63N5O.Pt/c1-70(2,3)51-39-40-73-69(45-51)77-65-34-21-18-30-60(65)59-29-16-19-32-63(59)76(54-25-14-11-15-26-54)64-33-20-17-31-61(64)62-37-36-58(47-67(62)77)78-57-28-22-27-55(46-57)74-48-75(56-43-52(71(4,5)6)42-53(44-56)72(7,8)9)68-41-50(35-38-66(68)74)49-23-12-10-13-24-49;/h10-45H,1-9H3;/q-2;. The summed E-state index contributed by atoms with van der Waals surface area (Å²) in [5.74, 6) is 1.88. The molecule has 3 heterocycles. The van der Waals surface area contributed by atoms with Crippen LogP contribution in [0.5, 0.6) is 11.5 Å². The van der Waals surface area contributed by atoms with Crippen molar-refractivity contribution in [3.05, 3.63) is 251 Å². The molecule has 12 rings (SSSR count). The molecular weight excluding hydrogens is 1150 g/mol. The molecule has 6 nitrogen and oxygen atoms in total. The van der Waals surface area contributed by atoms with Gasteiger partial charge in [-0.15, -0.1) is 0 Å². The first-order chi connectivity index (χ1) is 38.0. The van der Waals surface area contributed by atoms with Gasteiger partial charge in [0.05, 0.1) is 5.69 Å². The summed E-state index contributed by atoms with van der Waals surface area (Å²) in [6.07, 6.45) is 1.93. The first-order valence-corrected chi connectivity index (χ1v) is 28.2. The summed E-state index contributed by atoms with van der Waals surface area (Å²) in [7, 11) is 0. The molecule has 0 N–H and O–H groups in total. The third-order valence-corrected chi connectivity index (χ3v) is 16.0. The normalized spacial score (nSPS) is 12.6. The number of ether oxygens (including phenoxy) is 1. The average molecular weight is 1210 g/mol. The number of hydrogen-bond acceptors (Lipinski definition) is 4. The van der Waals surface area contributed by atoms with Crippen LogP contribution in [0.4, 0.5) is 34.3 Å². The molecular formula is C72H63N5OPt-2. The Bertz CT molecular complexity index is 4120. The number of rotatable bonds is 7. The predicted octanol–water partition coefficient (Wildman–Crippen LogP) is 19.4. The van der Waals surface area contributed by atoms with Gasteiger partial charge in [-0.1, -0.05) is 87.5 Å². The molecule has 7 heteroatoms. The van der Waals surface area contributed by atoms with Crippen molar-refractivity contribution in [2.24, 2.45) is 0 Å². The van der Waals surface area contributed by atoms with Crippen molar-refractivity contribution in [3.63, 3.8) is 0 Å². The summed E-state index contributed by atoms with van der Waals surface area (Å²) >= 11 is 2.51. The van der Waals surface area contributed by atoms with Gasteiger partial charge in [0.15, 0.2) is 0 Å². The Labute approximate surface area is 476 Å². The van der Waals surface area contributed by atoms with Crippen molar-refractivity contribution in [2.75, 3.05) is 9.80 Å². The van der Waals surface area contributed by atoms with E-state index in [-0.39, 0.29) is 16.2 Å². The summed E-state index contributed by atoms with van der Waals surface area (Å²) in [5.41, 5.74) is 19.0. The minimum absolute atomic E-state index is 0.0650. The molecule has 11 aromatic rings. The van der Waals surface area contributed by atoms with Gasteiger partial charge in [0, 0.05) is 17.4 Å². The number of fused-ring (bicyclic) bond motifs is 7. The zero-order valence-electron chi connectivity index (χ0n) is 46.2. The van der Waals surface area contributed by atoms with Crippen molar-refractivity contribution < 1.29 is 24.1 Å². The van der Waals surface area contributed by atoms with Crippen LogP contribution < -0.4 is 14.5 Å². The quantitative estimate of drug-likeness (QED) is 0.149. The average Bonchev–Trinajstić information content (AvgIpc) is 4.06. The molecule has 0 aliphatic carbocycles. The minimum atomic E-state index is -0.139. The Morgan fingerprint density at radius 3 is 1.58 bits per heavy atom. The maximum atomic E-state index is 7.06. The number of anilines is 6. The summed E-state index contributed by atoms with van der Waals surface area (Å²) < 4.78 is 12.8. The molecule has 9 aromatic carbocycles. The summed E-state index contributed by atoms with van der Waals surface area (Å²) in [5, 5.41) is 0. The van der Waals surface area contributed by atoms with Crippen molar-refractivity contribution in [1.82, 2.24) is 14.1 Å². The van der Waals surface area contributed by atoms with E-state index in [1.807, 2.05) is 18.3 Å². The number of para-hydroxylation sites is 4. The molecule has 0 saturated carbocycles. The summed E-state index contributed by atoms with van der Waals surface area (Å²) in [6.45, 7) is 20.5. The molecule has 0 amide bonds. The van der Waals surface area contributed by atoms with Crippen LogP contribution in [-0.2, 0) is 35.6 Å². The SMILES string of the molecule is CC(C)(C)c1cc(-n2[c](=[Pt])n(-c3[c-]c(Oc4[c-]c5c(cc4)-c4ccccc4N(c4ccccc4)c4ccccc4-c4ccccc4N5c4cc(C(C)(C)C)ccn4)ccc3)c3ccc(-c4ccccc4)cc32)cc(C(C)(C)C)c1. The molecule has 0 saturated heterocycles. The second-order valence-corrected chi connectivity index (χ2v) is 24.6. The zero-order valence-corrected chi connectivity index (χ0v) is 48.5. The van der Waals surface area contributed by atoms with E-state index in [0.717, 1.165) is 88.3 Å². The van der Waals surface area contributed by atoms with Crippen molar-refractivity contribution >= 4 is 45.3 Å². The fourth-order valence-corrected chi connectivity index (χ4v) is 11.9. The molecule has 394 valence electrons. The van der Waals surface area contributed by atoms with E-state index in [1.165, 1.54) is 22.3 Å².